The summed E-state index contributed by atoms with van der Waals surface area (Å²) in [4.78, 5) is 27.5. The highest BCUT2D eigenvalue weighted by molar-refractivity contribution is 9.10. The quantitative estimate of drug-likeness (QED) is 0.394. The molecule has 3 aromatic rings. The molecule has 150 valence electrons. The number of nitrogens with zero attached hydrogens (tertiary/aromatic N) is 4. The van der Waals surface area contributed by atoms with E-state index in [2.05, 4.69) is 36.4 Å². The number of hydrogen-bond donors (Lipinski definition) is 1. The second-order valence-corrected chi connectivity index (χ2v) is 7.58. The van der Waals surface area contributed by atoms with E-state index in [1.54, 1.807) is 19.3 Å². The van der Waals surface area contributed by atoms with Gasteiger partial charge in [0.1, 0.15) is 6.54 Å². The largest absolute Gasteiger partial charge is 0.465 e. The van der Waals surface area contributed by atoms with Gasteiger partial charge in [0.15, 0.2) is 11.0 Å². The zero-order valence-electron chi connectivity index (χ0n) is 15.5. The number of rotatable bonds is 8. The van der Waals surface area contributed by atoms with Crippen molar-refractivity contribution in [2.24, 2.45) is 0 Å². The predicted molar refractivity (Wildman–Crippen MR) is 113 cm³/mol. The van der Waals surface area contributed by atoms with Crippen LogP contribution in [0.4, 0.5) is 0 Å². The highest BCUT2D eigenvalue weighted by Gasteiger charge is 2.17. The number of aromatic nitrogens is 4. The molecule has 0 saturated carbocycles. The molecule has 1 N–H and O–H groups in total. The molecule has 0 unspecified atom stereocenters. The highest BCUT2D eigenvalue weighted by atomic mass is 79.9. The molecule has 2 heterocycles. The molecule has 0 bridgehead atoms. The smallest absolute Gasteiger partial charge is 0.325 e. The summed E-state index contributed by atoms with van der Waals surface area (Å²) >= 11 is 4.67. The molecule has 8 nitrogen and oxygen atoms in total. The fourth-order valence-corrected chi connectivity index (χ4v) is 3.48. The van der Waals surface area contributed by atoms with Crippen LogP contribution >= 0.6 is 27.7 Å². The van der Waals surface area contributed by atoms with E-state index in [1.165, 1.54) is 11.8 Å². The normalized spacial score (nSPS) is 10.6. The number of carbonyl (C=O) groups excluding carboxylic acids is 2. The van der Waals surface area contributed by atoms with Crippen LogP contribution in [0.15, 0.2) is 58.4 Å². The van der Waals surface area contributed by atoms with Crippen molar-refractivity contribution in [3.05, 3.63) is 53.3 Å². The lowest BCUT2D eigenvalue weighted by Crippen LogP contribution is -2.31. The van der Waals surface area contributed by atoms with E-state index >= 15 is 0 Å². The van der Waals surface area contributed by atoms with Crippen LogP contribution in [0.2, 0.25) is 0 Å². The van der Waals surface area contributed by atoms with Gasteiger partial charge in [0.2, 0.25) is 5.91 Å². The van der Waals surface area contributed by atoms with Gasteiger partial charge in [0, 0.05) is 28.1 Å². The maximum atomic E-state index is 12.1. The van der Waals surface area contributed by atoms with Gasteiger partial charge in [-0.15, -0.1) is 10.2 Å². The van der Waals surface area contributed by atoms with E-state index in [0.29, 0.717) is 11.0 Å². The van der Waals surface area contributed by atoms with Crippen LogP contribution in [0.1, 0.15) is 6.92 Å². The first-order valence-electron chi connectivity index (χ1n) is 8.75. The number of ether oxygens (including phenoxy) is 1. The number of nitrogens with one attached hydrogen (secondary N) is 1. The van der Waals surface area contributed by atoms with Crippen LogP contribution < -0.4 is 5.32 Å². The van der Waals surface area contributed by atoms with Crippen LogP contribution in [-0.2, 0) is 14.3 Å². The van der Waals surface area contributed by atoms with Crippen molar-refractivity contribution in [1.82, 2.24) is 25.1 Å². The Morgan fingerprint density at radius 2 is 1.86 bits per heavy atom. The minimum absolute atomic E-state index is 0.0877. The summed E-state index contributed by atoms with van der Waals surface area (Å²) in [6, 6.07) is 11.4. The van der Waals surface area contributed by atoms with Gasteiger partial charge in [-0.25, -0.2) is 0 Å². The van der Waals surface area contributed by atoms with E-state index in [0.717, 1.165) is 15.7 Å². The Morgan fingerprint density at radius 1 is 1.14 bits per heavy atom. The van der Waals surface area contributed by atoms with E-state index < -0.39 is 5.97 Å². The van der Waals surface area contributed by atoms with Gasteiger partial charge in [-0.2, -0.15) is 0 Å². The third-order valence-electron chi connectivity index (χ3n) is 3.72. The Bertz CT molecular complexity index is 979. The molecule has 1 amide bonds. The third-order valence-corrected chi connectivity index (χ3v) is 5.18. The van der Waals surface area contributed by atoms with Crippen LogP contribution in [0.25, 0.3) is 17.1 Å². The van der Waals surface area contributed by atoms with Crippen molar-refractivity contribution in [3.63, 3.8) is 0 Å². The molecule has 0 saturated heterocycles. The monoisotopic (exact) mass is 475 g/mol. The first-order chi connectivity index (χ1) is 14.1. The summed E-state index contributed by atoms with van der Waals surface area (Å²) in [6.45, 7) is 1.83. The molecule has 2 aromatic heterocycles. The Balaban J connectivity index is 1.80. The summed E-state index contributed by atoms with van der Waals surface area (Å²) < 4.78 is 7.63. The van der Waals surface area contributed by atoms with E-state index in [4.69, 9.17) is 4.74 Å². The molecule has 0 fully saturated rings. The average molecular weight is 476 g/mol. The second kappa shape index (κ2) is 10.2. The molecule has 1 aromatic carbocycles. The Labute approximate surface area is 180 Å². The maximum absolute atomic E-state index is 12.1. The average Bonchev–Trinajstić information content (AvgIpc) is 3.16. The van der Waals surface area contributed by atoms with Crippen LogP contribution in [0.3, 0.4) is 0 Å². The fourth-order valence-electron chi connectivity index (χ4n) is 2.44. The van der Waals surface area contributed by atoms with Crippen molar-refractivity contribution < 1.29 is 14.3 Å². The van der Waals surface area contributed by atoms with Gasteiger partial charge in [0.05, 0.1) is 12.4 Å². The van der Waals surface area contributed by atoms with Crippen molar-refractivity contribution in [1.29, 1.82) is 0 Å². The number of hydrogen-bond acceptors (Lipinski definition) is 7. The standard InChI is InChI=1S/C19H18BrN5O3S/c1-2-28-17(27)11-22-16(26)12-29-19-24-23-18(13-7-9-21-10-8-13)25(19)15-5-3-14(20)4-6-15/h3-10H,2,11-12H2,1H3,(H,22,26). The molecule has 29 heavy (non-hydrogen) atoms. The summed E-state index contributed by atoms with van der Waals surface area (Å²) in [6.07, 6.45) is 3.37. The molecule has 10 heteroatoms. The van der Waals surface area contributed by atoms with Gasteiger partial charge in [-0.1, -0.05) is 27.7 Å². The van der Waals surface area contributed by atoms with Crippen LogP contribution in [-0.4, -0.2) is 50.5 Å². The Hall–Kier alpha value is -2.72. The minimum Gasteiger partial charge on any atom is -0.465 e. The van der Waals surface area contributed by atoms with Gasteiger partial charge in [-0.05, 0) is 43.3 Å². The van der Waals surface area contributed by atoms with Crippen molar-refractivity contribution in [2.75, 3.05) is 18.9 Å². The summed E-state index contributed by atoms with van der Waals surface area (Å²) in [5, 5.41) is 11.7. The van der Waals surface area contributed by atoms with Gasteiger partial charge in [-0.3, -0.25) is 19.1 Å². The molecule has 0 aliphatic rings. The summed E-state index contributed by atoms with van der Waals surface area (Å²) in [5.41, 5.74) is 1.72. The van der Waals surface area contributed by atoms with Crippen molar-refractivity contribution >= 4 is 39.6 Å². The van der Waals surface area contributed by atoms with E-state index in [1.807, 2.05) is 41.0 Å². The number of benzene rings is 1. The number of esters is 1. The lowest BCUT2D eigenvalue weighted by molar-refractivity contribution is -0.143. The molecule has 0 spiro atoms. The minimum atomic E-state index is -0.469. The molecule has 3 rings (SSSR count). The van der Waals surface area contributed by atoms with E-state index in [9.17, 15) is 9.59 Å². The van der Waals surface area contributed by atoms with Gasteiger partial charge in [0.25, 0.3) is 0 Å². The topological polar surface area (TPSA) is 99.0 Å². The Kier molecular flexibility index (Phi) is 7.36. The van der Waals surface area contributed by atoms with Crippen LogP contribution in [0, 0.1) is 0 Å². The fraction of sp³-hybridized carbons (Fsp3) is 0.211. The van der Waals surface area contributed by atoms with Crippen LogP contribution in [0.5, 0.6) is 0 Å². The van der Waals surface area contributed by atoms with Gasteiger partial charge >= 0.3 is 5.97 Å². The molecule has 0 aliphatic heterocycles. The lowest BCUT2D eigenvalue weighted by Gasteiger charge is -2.10. The zero-order chi connectivity index (χ0) is 20.6. The highest BCUT2D eigenvalue weighted by Crippen LogP contribution is 2.28. The first-order valence-corrected chi connectivity index (χ1v) is 10.5. The summed E-state index contributed by atoms with van der Waals surface area (Å²) in [5.74, 6) is -0.0309. The SMILES string of the molecule is CCOC(=O)CNC(=O)CSc1nnc(-c2ccncc2)n1-c1ccc(Br)cc1. The second-order valence-electron chi connectivity index (χ2n) is 5.72. The van der Waals surface area contributed by atoms with E-state index in [-0.39, 0.29) is 24.8 Å². The number of pyridine rings is 1. The molecule has 0 radical (unpaired) electrons. The first kappa shape index (κ1) is 21.0. The van der Waals surface area contributed by atoms with Crippen molar-refractivity contribution in [3.8, 4) is 17.1 Å². The number of carbonyl (C=O) groups is 2. The Morgan fingerprint density at radius 3 is 2.55 bits per heavy atom. The molecular formula is C19H18BrN5O3S. The molecule has 0 aliphatic carbocycles. The predicted octanol–water partition coefficient (Wildman–Crippen LogP) is 2.86. The zero-order valence-corrected chi connectivity index (χ0v) is 17.9. The maximum Gasteiger partial charge on any atom is 0.325 e. The number of halogens is 1. The third kappa shape index (κ3) is 5.64. The van der Waals surface area contributed by atoms with Crippen molar-refractivity contribution in [2.45, 2.75) is 12.1 Å². The molecular weight excluding hydrogens is 458 g/mol. The number of amides is 1. The molecule has 0 atom stereocenters. The summed E-state index contributed by atoms with van der Waals surface area (Å²) in [7, 11) is 0. The number of thioether (sulfide) groups is 1. The van der Waals surface area contributed by atoms with Gasteiger partial charge < -0.3 is 10.1 Å². The lowest BCUT2D eigenvalue weighted by atomic mass is 10.2.